The van der Waals surface area contributed by atoms with Crippen molar-refractivity contribution >= 4 is 73.9 Å². The van der Waals surface area contributed by atoms with E-state index in [0.29, 0.717) is 45.3 Å². The van der Waals surface area contributed by atoms with Gasteiger partial charge in [-0.25, -0.2) is 4.90 Å². The van der Waals surface area contributed by atoms with Crippen LogP contribution in [-0.2, 0) is 26.2 Å². The average Bonchev–Trinajstić information content (AvgIpc) is 3.83. The maximum Gasteiger partial charge on any atom is 0.242 e. The van der Waals surface area contributed by atoms with Gasteiger partial charge in [-0.05, 0) is 123 Å². The lowest BCUT2D eigenvalue weighted by Gasteiger charge is -2.49. The molecular formula is C44H39ClN4O6S. The topological polar surface area (TPSA) is 130 Å². The van der Waals surface area contributed by atoms with E-state index in [9.17, 15) is 24.3 Å². The number of phenols is 1. The molecule has 9 rings (SSSR count). The summed E-state index contributed by atoms with van der Waals surface area (Å²) in [5.74, 6) is -4.37. The molecule has 56 heavy (non-hydrogen) atoms. The number of amides is 4. The van der Waals surface area contributed by atoms with Crippen molar-refractivity contribution in [3.05, 3.63) is 105 Å². The van der Waals surface area contributed by atoms with Gasteiger partial charge in [-0.15, -0.1) is 11.3 Å². The van der Waals surface area contributed by atoms with Gasteiger partial charge in [0.25, 0.3) is 0 Å². The summed E-state index contributed by atoms with van der Waals surface area (Å²) in [6, 6.07) is 17.7. The van der Waals surface area contributed by atoms with E-state index >= 15 is 4.79 Å². The second-order valence-electron chi connectivity index (χ2n) is 16.0. The molecule has 2 aliphatic heterocycles. The fourth-order valence-electron chi connectivity index (χ4n) is 10.1. The number of nitrogens with zero attached hydrogens (tertiary/aromatic N) is 4. The van der Waals surface area contributed by atoms with Gasteiger partial charge >= 0.3 is 0 Å². The molecule has 0 radical (unpaired) electrons. The summed E-state index contributed by atoms with van der Waals surface area (Å²) in [5, 5.41) is 17.3. The Morgan fingerprint density at radius 3 is 2.29 bits per heavy atom. The number of Topliss-reactive ketones (excluding diaryl/α,β-unsaturated/α-hetero) is 1. The van der Waals surface area contributed by atoms with Crippen LogP contribution in [-0.4, -0.2) is 44.3 Å². The quantitative estimate of drug-likeness (QED) is 0.108. The average molecular weight is 787 g/mol. The molecule has 3 aromatic carbocycles. The number of hydrogen-bond acceptors (Lipinski definition) is 8. The van der Waals surface area contributed by atoms with E-state index in [0.717, 1.165) is 31.7 Å². The Labute approximate surface area is 332 Å². The number of imide groups is 2. The molecule has 2 saturated heterocycles. The van der Waals surface area contributed by atoms with Gasteiger partial charge in [0.1, 0.15) is 17.3 Å². The first-order valence-electron chi connectivity index (χ1n) is 18.7. The molecule has 284 valence electrons. The number of benzene rings is 3. The number of halogens is 1. The van der Waals surface area contributed by atoms with Crippen LogP contribution < -0.4 is 9.80 Å². The molecule has 4 amide bonds. The Morgan fingerprint density at radius 2 is 1.61 bits per heavy atom. The van der Waals surface area contributed by atoms with Crippen LogP contribution in [0.25, 0.3) is 20.7 Å². The molecule has 6 atom stereocenters. The minimum Gasteiger partial charge on any atom is -0.507 e. The molecule has 5 aromatic rings. The minimum atomic E-state index is -1.26. The number of fused-ring (bicyclic) bond motifs is 5. The normalized spacial score (nSPS) is 25.8. The standard InChI is InChI=1S/C44H39ClN4O6S/c1-20-15-25(16-21(2)38(20)51)37-28-12-13-29-36(42(54)48(40(29)52)27-10-7-24(8-11-27)23(4)50)31(28)18-32-41(53)49(43(55)44(32,37)5)35-19-33(46-47(35)6)39-22(3)30-17-26(45)9-14-34(30)56-39/h7-12,14-17,19,29,31-32,36-37,51H,13,18H2,1-6H3. The highest BCUT2D eigenvalue weighted by molar-refractivity contribution is 7.22. The zero-order chi connectivity index (χ0) is 39.7. The molecule has 4 heterocycles. The summed E-state index contributed by atoms with van der Waals surface area (Å²) >= 11 is 7.89. The zero-order valence-electron chi connectivity index (χ0n) is 31.7. The van der Waals surface area contributed by atoms with Crippen molar-refractivity contribution in [2.45, 2.75) is 53.4 Å². The van der Waals surface area contributed by atoms with E-state index in [1.807, 2.05) is 50.3 Å². The Hall–Kier alpha value is -5.39. The third kappa shape index (κ3) is 4.99. The summed E-state index contributed by atoms with van der Waals surface area (Å²) in [6.07, 6.45) is 2.52. The third-order valence-electron chi connectivity index (χ3n) is 12.9. The number of aryl methyl sites for hydroxylation is 4. The molecule has 1 N–H and O–H groups in total. The van der Waals surface area contributed by atoms with Gasteiger partial charge in [-0.2, -0.15) is 5.10 Å². The number of hydrogen-bond donors (Lipinski definition) is 1. The zero-order valence-corrected chi connectivity index (χ0v) is 33.3. The predicted octanol–water partition coefficient (Wildman–Crippen LogP) is 8.22. The fraction of sp³-hybridized carbons (Fsp3) is 0.318. The van der Waals surface area contributed by atoms with E-state index in [4.69, 9.17) is 16.7 Å². The molecule has 2 aromatic heterocycles. The van der Waals surface area contributed by atoms with Crippen LogP contribution in [0.2, 0.25) is 5.02 Å². The number of anilines is 2. The smallest absolute Gasteiger partial charge is 0.242 e. The van der Waals surface area contributed by atoms with E-state index in [2.05, 4.69) is 0 Å². The van der Waals surface area contributed by atoms with Crippen molar-refractivity contribution in [3.63, 3.8) is 0 Å². The Balaban J connectivity index is 1.15. The SMILES string of the molecule is CC(=O)c1ccc(N2C(=O)C3CC=C4C(CC5C(=O)N(c6cc(-c7sc8ccc(Cl)cc8c7C)nn6C)C(=O)C5(C)C4c4cc(C)c(O)c(C)c4)C3C2=O)cc1. The first-order chi connectivity index (χ1) is 26.6. The van der Waals surface area contributed by atoms with Crippen molar-refractivity contribution < 1.29 is 29.1 Å². The van der Waals surface area contributed by atoms with Gasteiger partial charge in [0, 0.05) is 34.3 Å². The van der Waals surface area contributed by atoms with Gasteiger partial charge < -0.3 is 5.11 Å². The molecule has 6 unspecified atom stereocenters. The number of aromatic nitrogens is 2. The first kappa shape index (κ1) is 36.3. The third-order valence-corrected chi connectivity index (χ3v) is 14.4. The number of carbonyl (C=O) groups excluding carboxylic acids is 5. The molecule has 1 saturated carbocycles. The minimum absolute atomic E-state index is 0.123. The van der Waals surface area contributed by atoms with Gasteiger partial charge in [0.15, 0.2) is 5.78 Å². The highest BCUT2D eigenvalue weighted by Crippen LogP contribution is 2.64. The highest BCUT2D eigenvalue weighted by atomic mass is 35.5. The van der Waals surface area contributed by atoms with Crippen LogP contribution in [0.3, 0.4) is 0 Å². The van der Waals surface area contributed by atoms with Crippen molar-refractivity contribution in [2.24, 2.45) is 36.1 Å². The second kappa shape index (κ2) is 12.6. The number of rotatable bonds is 5. The lowest BCUT2D eigenvalue weighted by atomic mass is 9.51. The van der Waals surface area contributed by atoms with Crippen LogP contribution >= 0.6 is 22.9 Å². The van der Waals surface area contributed by atoms with Crippen LogP contribution in [0.15, 0.2) is 72.3 Å². The Morgan fingerprint density at radius 1 is 0.911 bits per heavy atom. The lowest BCUT2D eigenvalue weighted by Crippen LogP contribution is -2.49. The van der Waals surface area contributed by atoms with Crippen LogP contribution in [0.1, 0.15) is 65.2 Å². The van der Waals surface area contributed by atoms with Crippen LogP contribution in [0, 0.1) is 49.9 Å². The number of phenolic OH excluding ortho intramolecular Hbond substituents is 1. The summed E-state index contributed by atoms with van der Waals surface area (Å²) in [5.41, 5.74) is 4.13. The highest BCUT2D eigenvalue weighted by Gasteiger charge is 2.68. The van der Waals surface area contributed by atoms with Crippen molar-refractivity contribution in [1.82, 2.24) is 9.78 Å². The molecule has 0 bridgehead atoms. The van der Waals surface area contributed by atoms with Gasteiger partial charge in [0.2, 0.25) is 23.6 Å². The van der Waals surface area contributed by atoms with Gasteiger partial charge in [0.05, 0.1) is 33.7 Å². The monoisotopic (exact) mass is 786 g/mol. The number of allylic oxidation sites excluding steroid dienone is 2. The molecule has 10 nitrogen and oxygen atoms in total. The molecule has 2 aliphatic carbocycles. The van der Waals surface area contributed by atoms with E-state index in [-0.39, 0.29) is 41.6 Å². The van der Waals surface area contributed by atoms with Crippen molar-refractivity contribution in [1.29, 1.82) is 0 Å². The number of aromatic hydroxyl groups is 1. The van der Waals surface area contributed by atoms with Gasteiger partial charge in [-0.1, -0.05) is 35.4 Å². The van der Waals surface area contributed by atoms with Crippen molar-refractivity contribution in [3.8, 4) is 16.3 Å². The maximum absolute atomic E-state index is 15.2. The van der Waals surface area contributed by atoms with E-state index in [1.165, 1.54) is 16.7 Å². The molecule has 4 aliphatic rings. The Kier molecular flexibility index (Phi) is 8.13. The van der Waals surface area contributed by atoms with Crippen LogP contribution in [0.5, 0.6) is 5.75 Å². The summed E-state index contributed by atoms with van der Waals surface area (Å²) in [6.45, 7) is 8.93. The Bertz CT molecular complexity index is 2620. The largest absolute Gasteiger partial charge is 0.507 e. The summed E-state index contributed by atoms with van der Waals surface area (Å²) in [7, 11) is 1.72. The van der Waals surface area contributed by atoms with Crippen LogP contribution in [0.4, 0.5) is 11.5 Å². The number of carbonyl (C=O) groups is 5. The molecular weight excluding hydrogens is 748 g/mol. The van der Waals surface area contributed by atoms with Gasteiger partial charge in [-0.3, -0.25) is 33.6 Å². The summed E-state index contributed by atoms with van der Waals surface area (Å²) in [4.78, 5) is 74.1. The first-order valence-corrected chi connectivity index (χ1v) is 19.9. The fourth-order valence-corrected chi connectivity index (χ4v) is 11.4. The number of thiophene rings is 1. The molecule has 12 heteroatoms. The van der Waals surface area contributed by atoms with E-state index < -0.39 is 35.0 Å². The predicted molar refractivity (Wildman–Crippen MR) is 215 cm³/mol. The molecule has 0 spiro atoms. The summed E-state index contributed by atoms with van der Waals surface area (Å²) < 4.78 is 2.62. The maximum atomic E-state index is 15.2. The van der Waals surface area contributed by atoms with Crippen molar-refractivity contribution in [2.75, 3.05) is 9.80 Å². The molecule has 3 fully saturated rings. The lowest BCUT2D eigenvalue weighted by molar-refractivity contribution is -0.131. The van der Waals surface area contributed by atoms with E-state index in [1.54, 1.807) is 67.2 Å². The second-order valence-corrected chi connectivity index (χ2v) is 17.5. The number of ketones is 1.